The van der Waals surface area contributed by atoms with E-state index in [0.717, 1.165) is 13.0 Å². The summed E-state index contributed by atoms with van der Waals surface area (Å²) < 4.78 is 1.84. The highest BCUT2D eigenvalue weighted by Crippen LogP contribution is 2.01. The van der Waals surface area contributed by atoms with Crippen molar-refractivity contribution in [3.63, 3.8) is 0 Å². The van der Waals surface area contributed by atoms with E-state index in [0.29, 0.717) is 6.42 Å². The van der Waals surface area contributed by atoms with Crippen molar-refractivity contribution < 1.29 is 9.48 Å². The van der Waals surface area contributed by atoms with E-state index < -0.39 is 0 Å². The minimum Gasteiger partial charge on any atom is -0.269 e. The van der Waals surface area contributed by atoms with E-state index in [-0.39, 0.29) is 5.91 Å². The standard InChI is InChI=1S/C13H14N2O/c16-13-9-11-15(14-13)10-5-4-8-12-6-2-1-3-7-12/h1-4,6-8,10H,5,9,11H2/p+1/b8-4+,15-10-. The molecule has 3 heteroatoms. The summed E-state index contributed by atoms with van der Waals surface area (Å²) >= 11 is 0. The molecule has 0 spiro atoms. The normalized spacial score (nSPS) is 18.2. The van der Waals surface area contributed by atoms with E-state index in [1.165, 1.54) is 5.56 Å². The summed E-state index contributed by atoms with van der Waals surface area (Å²) in [5.41, 5.74) is 3.95. The molecule has 0 aromatic heterocycles. The van der Waals surface area contributed by atoms with Gasteiger partial charge in [-0.1, -0.05) is 42.5 Å². The molecule has 1 aliphatic heterocycles. The van der Waals surface area contributed by atoms with Crippen molar-refractivity contribution >= 4 is 18.2 Å². The number of hydrazone groups is 1. The van der Waals surface area contributed by atoms with E-state index in [4.69, 9.17) is 0 Å². The fourth-order valence-corrected chi connectivity index (χ4v) is 1.59. The van der Waals surface area contributed by atoms with Crippen molar-refractivity contribution in [3.8, 4) is 0 Å². The fourth-order valence-electron chi connectivity index (χ4n) is 1.59. The van der Waals surface area contributed by atoms with E-state index in [1.54, 1.807) is 0 Å². The number of allylic oxidation sites excluding steroid dienone is 1. The van der Waals surface area contributed by atoms with E-state index >= 15 is 0 Å². The maximum absolute atomic E-state index is 10.9. The highest BCUT2D eigenvalue weighted by atomic mass is 16.2. The van der Waals surface area contributed by atoms with Crippen LogP contribution in [-0.2, 0) is 4.79 Å². The van der Waals surface area contributed by atoms with Crippen LogP contribution >= 0.6 is 0 Å². The largest absolute Gasteiger partial charge is 0.280 e. The van der Waals surface area contributed by atoms with E-state index in [2.05, 4.69) is 29.7 Å². The lowest BCUT2D eigenvalue weighted by Gasteiger charge is -1.90. The average Bonchev–Trinajstić information content (AvgIpc) is 2.72. The zero-order valence-corrected chi connectivity index (χ0v) is 9.10. The van der Waals surface area contributed by atoms with Crippen LogP contribution in [0.4, 0.5) is 0 Å². The Hall–Kier alpha value is -1.90. The lowest BCUT2D eigenvalue weighted by Crippen LogP contribution is -2.24. The maximum atomic E-state index is 10.9. The van der Waals surface area contributed by atoms with Crippen molar-refractivity contribution in [2.24, 2.45) is 0 Å². The molecular formula is C13H15N2O+. The van der Waals surface area contributed by atoms with Crippen LogP contribution in [0.1, 0.15) is 18.4 Å². The van der Waals surface area contributed by atoms with Crippen molar-refractivity contribution in [3.05, 3.63) is 42.0 Å². The molecule has 0 radical (unpaired) electrons. The molecule has 2 rings (SSSR count). The maximum Gasteiger partial charge on any atom is 0.280 e. The molecule has 0 unspecified atom stereocenters. The Bertz CT molecular complexity index is 421. The molecule has 1 heterocycles. The second-order valence-corrected chi connectivity index (χ2v) is 3.71. The number of carbonyl (C=O) groups is 1. The molecule has 0 aliphatic carbocycles. The van der Waals surface area contributed by atoms with Crippen LogP contribution in [0.15, 0.2) is 36.4 Å². The Morgan fingerprint density at radius 2 is 2.12 bits per heavy atom. The van der Waals surface area contributed by atoms with Gasteiger partial charge in [0, 0.05) is 6.42 Å². The summed E-state index contributed by atoms with van der Waals surface area (Å²) in [7, 11) is 0. The first-order chi connectivity index (χ1) is 7.84. The summed E-state index contributed by atoms with van der Waals surface area (Å²) in [4.78, 5) is 10.9. The Kier molecular flexibility index (Phi) is 3.49. The summed E-state index contributed by atoms with van der Waals surface area (Å²) in [5.74, 6) is 0.100. The summed E-state index contributed by atoms with van der Waals surface area (Å²) in [6, 6.07) is 10.2. The van der Waals surface area contributed by atoms with Gasteiger partial charge in [-0.25, -0.2) is 0 Å². The van der Waals surface area contributed by atoms with Crippen LogP contribution in [0.2, 0.25) is 0 Å². The number of rotatable bonds is 3. The first-order valence-electron chi connectivity index (χ1n) is 5.45. The van der Waals surface area contributed by atoms with E-state index in [9.17, 15) is 4.79 Å². The first-order valence-corrected chi connectivity index (χ1v) is 5.45. The Balaban J connectivity index is 1.84. The molecule has 82 valence electrons. The topological polar surface area (TPSA) is 32.1 Å². The third kappa shape index (κ3) is 3.05. The quantitative estimate of drug-likeness (QED) is 0.763. The molecule has 0 bridgehead atoms. The molecule has 1 N–H and O–H groups in total. The van der Waals surface area contributed by atoms with Crippen molar-refractivity contribution in [1.29, 1.82) is 0 Å². The van der Waals surface area contributed by atoms with Gasteiger partial charge in [0.25, 0.3) is 5.91 Å². The van der Waals surface area contributed by atoms with Gasteiger partial charge in [-0.15, -0.1) is 10.1 Å². The second-order valence-electron chi connectivity index (χ2n) is 3.71. The summed E-state index contributed by atoms with van der Waals surface area (Å²) in [6.07, 6.45) is 7.58. The number of benzene rings is 1. The first kappa shape index (κ1) is 10.6. The van der Waals surface area contributed by atoms with Gasteiger partial charge in [-0.2, -0.15) is 0 Å². The summed E-state index contributed by atoms with van der Waals surface area (Å²) in [5, 5.41) is 0. The average molecular weight is 215 g/mol. The molecular weight excluding hydrogens is 200 g/mol. The Morgan fingerprint density at radius 3 is 2.81 bits per heavy atom. The van der Waals surface area contributed by atoms with Crippen molar-refractivity contribution in [2.75, 3.05) is 6.54 Å². The molecule has 1 saturated heterocycles. The second kappa shape index (κ2) is 5.26. The van der Waals surface area contributed by atoms with Crippen LogP contribution in [0.25, 0.3) is 6.08 Å². The van der Waals surface area contributed by atoms with Gasteiger partial charge in [0.2, 0.25) is 0 Å². The van der Waals surface area contributed by atoms with Crippen LogP contribution in [0, 0.1) is 0 Å². The van der Waals surface area contributed by atoms with Gasteiger partial charge in [0.15, 0.2) is 12.8 Å². The smallest absolute Gasteiger partial charge is 0.269 e. The number of amides is 1. The number of hydrazine groups is 1. The summed E-state index contributed by atoms with van der Waals surface area (Å²) in [6.45, 7) is 0.776. The van der Waals surface area contributed by atoms with Gasteiger partial charge in [0.1, 0.15) is 0 Å². The molecule has 0 saturated carbocycles. The van der Waals surface area contributed by atoms with Crippen LogP contribution < -0.4 is 5.43 Å². The van der Waals surface area contributed by atoms with Gasteiger partial charge < -0.3 is 0 Å². The fraction of sp³-hybridized carbons (Fsp3) is 0.231. The Morgan fingerprint density at radius 1 is 1.31 bits per heavy atom. The zero-order chi connectivity index (χ0) is 11.2. The highest BCUT2D eigenvalue weighted by Gasteiger charge is 2.19. The number of nitrogens with zero attached hydrogens (tertiary/aromatic N) is 1. The lowest BCUT2D eigenvalue weighted by atomic mass is 10.2. The molecule has 1 aliphatic rings. The third-order valence-corrected chi connectivity index (χ3v) is 2.42. The number of hydrogen-bond donors (Lipinski definition) is 1. The van der Waals surface area contributed by atoms with Crippen LogP contribution in [0.3, 0.4) is 0 Å². The van der Waals surface area contributed by atoms with E-state index in [1.807, 2.05) is 29.1 Å². The van der Waals surface area contributed by atoms with Crippen molar-refractivity contribution in [2.45, 2.75) is 12.8 Å². The predicted molar refractivity (Wildman–Crippen MR) is 64.0 cm³/mol. The van der Waals surface area contributed by atoms with Gasteiger partial charge in [-0.3, -0.25) is 4.79 Å². The van der Waals surface area contributed by atoms with Gasteiger partial charge in [0.05, 0.1) is 6.42 Å². The van der Waals surface area contributed by atoms with Gasteiger partial charge in [-0.05, 0) is 5.56 Å². The monoisotopic (exact) mass is 215 g/mol. The highest BCUT2D eigenvalue weighted by molar-refractivity contribution is 5.76. The third-order valence-electron chi connectivity index (χ3n) is 2.42. The molecule has 1 fully saturated rings. The van der Waals surface area contributed by atoms with Crippen LogP contribution in [0.5, 0.6) is 0 Å². The molecule has 1 aromatic rings. The molecule has 1 aromatic carbocycles. The number of hydrogen-bond acceptors (Lipinski definition) is 1. The molecule has 0 atom stereocenters. The Labute approximate surface area is 95.1 Å². The molecule has 3 nitrogen and oxygen atoms in total. The predicted octanol–water partition coefficient (Wildman–Crippen LogP) is 1.61. The molecule has 16 heavy (non-hydrogen) atoms. The minimum atomic E-state index is 0.100. The lowest BCUT2D eigenvalue weighted by molar-refractivity contribution is -0.554. The van der Waals surface area contributed by atoms with Crippen LogP contribution in [-0.4, -0.2) is 23.4 Å². The number of carbonyl (C=O) groups excluding carboxylic acids is 1. The molecule has 1 amide bonds. The van der Waals surface area contributed by atoms with Gasteiger partial charge >= 0.3 is 0 Å². The minimum absolute atomic E-state index is 0.100. The zero-order valence-electron chi connectivity index (χ0n) is 9.10. The SMILES string of the molecule is O=C1CC/[N+](=C/C/C=C/c2ccccc2)N1. The number of nitrogens with one attached hydrogen (secondary N) is 1. The van der Waals surface area contributed by atoms with Crippen molar-refractivity contribution in [1.82, 2.24) is 5.43 Å².